The Balaban J connectivity index is 1.46. The van der Waals surface area contributed by atoms with Crippen LogP contribution in [0.3, 0.4) is 0 Å². The van der Waals surface area contributed by atoms with Crippen LogP contribution in [0.4, 0.5) is 0 Å². The molecule has 0 aliphatic heterocycles. The third kappa shape index (κ3) is 5.47. The second-order valence-electron chi connectivity index (χ2n) is 7.89. The summed E-state index contributed by atoms with van der Waals surface area (Å²) in [4.78, 5) is 17.0. The number of benzene rings is 3. The molecule has 4 rings (SSSR count). The molecule has 0 saturated heterocycles. The summed E-state index contributed by atoms with van der Waals surface area (Å²) >= 11 is 12.3. The van der Waals surface area contributed by atoms with E-state index in [0.717, 1.165) is 23.2 Å². The Labute approximate surface area is 204 Å². The molecule has 0 saturated carbocycles. The zero-order valence-corrected chi connectivity index (χ0v) is 19.9. The molecule has 4 nitrogen and oxygen atoms in total. The van der Waals surface area contributed by atoms with E-state index in [1.54, 1.807) is 29.2 Å². The number of nitrogens with zero attached hydrogens (tertiary/aromatic N) is 2. The van der Waals surface area contributed by atoms with E-state index in [1.807, 2.05) is 18.2 Å². The van der Waals surface area contributed by atoms with Crippen molar-refractivity contribution in [2.24, 2.45) is 0 Å². The Hall–Kier alpha value is -3.08. The van der Waals surface area contributed by atoms with Crippen LogP contribution in [0.5, 0.6) is 0 Å². The van der Waals surface area contributed by atoms with Gasteiger partial charge in [0.05, 0.1) is 22.6 Å². The Kier molecular flexibility index (Phi) is 7.48. The van der Waals surface area contributed by atoms with Gasteiger partial charge < -0.3 is 5.32 Å². The Morgan fingerprint density at radius 2 is 1.67 bits per heavy atom. The van der Waals surface area contributed by atoms with E-state index in [-0.39, 0.29) is 12.5 Å². The number of carbonyl (C=O) groups is 1. The number of halogens is 2. The van der Waals surface area contributed by atoms with Gasteiger partial charge in [-0.25, -0.2) is 4.98 Å². The first-order valence-corrected chi connectivity index (χ1v) is 11.8. The molecule has 1 heterocycles. The van der Waals surface area contributed by atoms with Crippen molar-refractivity contribution < 1.29 is 4.79 Å². The molecule has 0 atom stereocenters. The van der Waals surface area contributed by atoms with Gasteiger partial charge in [-0.1, -0.05) is 85.1 Å². The smallest absolute Gasteiger partial charge is 0.270 e. The average molecular weight is 478 g/mol. The highest BCUT2D eigenvalue weighted by Crippen LogP contribution is 2.26. The van der Waals surface area contributed by atoms with Crippen molar-refractivity contribution in [1.29, 1.82) is 0 Å². The normalized spacial score (nSPS) is 10.9. The Morgan fingerprint density at radius 3 is 2.36 bits per heavy atom. The highest BCUT2D eigenvalue weighted by atomic mass is 35.5. The molecule has 1 amide bonds. The summed E-state index contributed by atoms with van der Waals surface area (Å²) in [5, 5.41) is 3.80. The number of aromatic nitrogens is 2. The summed E-state index contributed by atoms with van der Waals surface area (Å²) in [5.74, 6) is -0.240. The molecule has 0 unspecified atom stereocenters. The van der Waals surface area contributed by atoms with Gasteiger partial charge in [-0.05, 0) is 53.3 Å². The van der Waals surface area contributed by atoms with Gasteiger partial charge in [0.1, 0.15) is 5.69 Å². The lowest BCUT2D eigenvalue weighted by Gasteiger charge is -2.11. The number of aryl methyl sites for hydroxylation is 1. The van der Waals surface area contributed by atoms with Crippen molar-refractivity contribution in [3.63, 3.8) is 0 Å². The van der Waals surface area contributed by atoms with Crippen LogP contribution in [-0.2, 0) is 13.0 Å². The van der Waals surface area contributed by atoms with Gasteiger partial charge in [-0.3, -0.25) is 9.36 Å². The minimum atomic E-state index is -0.240. The molecule has 0 radical (unpaired) electrons. The van der Waals surface area contributed by atoms with Crippen LogP contribution in [0.1, 0.15) is 41.4 Å². The van der Waals surface area contributed by atoms with Crippen LogP contribution in [0, 0.1) is 0 Å². The molecule has 0 aliphatic rings. The lowest BCUT2D eigenvalue weighted by atomic mass is 10.0. The largest absolute Gasteiger partial charge is 0.347 e. The fourth-order valence-corrected chi connectivity index (χ4v) is 4.07. The van der Waals surface area contributed by atoms with E-state index in [0.29, 0.717) is 15.7 Å². The molecule has 0 fully saturated rings. The zero-order valence-electron chi connectivity index (χ0n) is 18.4. The molecule has 3 aromatic carbocycles. The number of carbonyl (C=O) groups excluding carboxylic acids is 1. The van der Waals surface area contributed by atoms with Crippen molar-refractivity contribution in [2.75, 3.05) is 0 Å². The maximum Gasteiger partial charge on any atom is 0.270 e. The molecule has 0 spiro atoms. The quantitative estimate of drug-likeness (QED) is 0.293. The van der Waals surface area contributed by atoms with Crippen LogP contribution >= 0.6 is 23.2 Å². The minimum absolute atomic E-state index is 0.240. The van der Waals surface area contributed by atoms with Gasteiger partial charge in [0.25, 0.3) is 5.91 Å². The number of hydrogen-bond acceptors (Lipinski definition) is 2. The van der Waals surface area contributed by atoms with Crippen molar-refractivity contribution in [3.8, 4) is 16.8 Å². The number of rotatable bonds is 8. The number of hydrogen-bond donors (Lipinski definition) is 1. The molecule has 168 valence electrons. The van der Waals surface area contributed by atoms with Gasteiger partial charge in [0.2, 0.25) is 0 Å². The minimum Gasteiger partial charge on any atom is -0.347 e. The van der Waals surface area contributed by atoms with Crippen molar-refractivity contribution in [3.05, 3.63) is 106 Å². The van der Waals surface area contributed by atoms with Gasteiger partial charge in [-0.15, -0.1) is 0 Å². The Morgan fingerprint density at radius 1 is 0.970 bits per heavy atom. The highest BCUT2D eigenvalue weighted by Gasteiger charge is 2.14. The number of nitrogens with one attached hydrogen (secondary N) is 1. The van der Waals surface area contributed by atoms with E-state index >= 15 is 0 Å². The van der Waals surface area contributed by atoms with E-state index in [4.69, 9.17) is 23.2 Å². The summed E-state index contributed by atoms with van der Waals surface area (Å²) < 4.78 is 1.77. The monoisotopic (exact) mass is 477 g/mol. The second kappa shape index (κ2) is 10.7. The Bertz CT molecular complexity index is 1230. The second-order valence-corrected chi connectivity index (χ2v) is 8.68. The number of imidazole rings is 1. The van der Waals surface area contributed by atoms with Crippen molar-refractivity contribution in [1.82, 2.24) is 14.9 Å². The molecule has 1 aromatic heterocycles. The fraction of sp³-hybridized carbons (Fsp3) is 0.185. The lowest BCUT2D eigenvalue weighted by Crippen LogP contribution is -2.25. The summed E-state index contributed by atoms with van der Waals surface area (Å²) in [6.07, 6.45) is 6.72. The molecule has 0 aliphatic carbocycles. The van der Waals surface area contributed by atoms with E-state index in [9.17, 15) is 4.79 Å². The number of amides is 1. The summed E-state index contributed by atoms with van der Waals surface area (Å²) in [6.45, 7) is 2.48. The predicted octanol–water partition coefficient (Wildman–Crippen LogP) is 7.12. The van der Waals surface area contributed by atoms with Crippen LogP contribution in [-0.4, -0.2) is 15.5 Å². The van der Waals surface area contributed by atoms with Crippen LogP contribution < -0.4 is 5.32 Å². The summed E-state index contributed by atoms with van der Waals surface area (Å²) in [6, 6.07) is 22.2. The van der Waals surface area contributed by atoms with E-state index in [1.165, 1.54) is 24.0 Å². The first kappa shape index (κ1) is 23.1. The maximum absolute atomic E-state index is 12.8. The molecule has 6 heteroatoms. The topological polar surface area (TPSA) is 46.9 Å². The van der Waals surface area contributed by atoms with Gasteiger partial charge in [0.15, 0.2) is 0 Å². The molecular weight excluding hydrogens is 453 g/mol. The molecule has 0 bridgehead atoms. The van der Waals surface area contributed by atoms with Gasteiger partial charge in [0, 0.05) is 12.2 Å². The van der Waals surface area contributed by atoms with Crippen molar-refractivity contribution >= 4 is 29.1 Å². The van der Waals surface area contributed by atoms with E-state index in [2.05, 4.69) is 53.6 Å². The lowest BCUT2D eigenvalue weighted by molar-refractivity contribution is 0.0944. The van der Waals surface area contributed by atoms with Crippen LogP contribution in [0.15, 0.2) is 79.3 Å². The first-order chi connectivity index (χ1) is 16.1. The highest BCUT2D eigenvalue weighted by molar-refractivity contribution is 6.42. The number of unbranched alkanes of at least 4 members (excludes halogenated alkanes) is 1. The van der Waals surface area contributed by atoms with E-state index < -0.39 is 0 Å². The molecular formula is C27H25Cl2N3O. The predicted molar refractivity (Wildman–Crippen MR) is 135 cm³/mol. The van der Waals surface area contributed by atoms with Crippen molar-refractivity contribution in [2.45, 2.75) is 32.7 Å². The molecule has 1 N–H and O–H groups in total. The average Bonchev–Trinajstić information content (AvgIpc) is 3.34. The summed E-state index contributed by atoms with van der Waals surface area (Å²) in [5.41, 5.74) is 5.73. The standard InChI is InChI=1S/C27H25Cl2N3O/c1-2-3-5-19-8-10-20(11-9-19)21-12-14-23(15-13-21)32-18-30-17-25(32)27(33)31-16-22-6-4-7-24(28)26(22)29/h4,6-15,17-18H,2-3,5,16H2,1H3,(H,31,33). The molecule has 4 aromatic rings. The van der Waals surface area contributed by atoms with Crippen LogP contribution in [0.2, 0.25) is 10.0 Å². The third-order valence-electron chi connectivity index (χ3n) is 5.59. The third-order valence-corrected chi connectivity index (χ3v) is 6.45. The fourth-order valence-electron chi connectivity index (χ4n) is 3.68. The SMILES string of the molecule is CCCCc1ccc(-c2ccc(-n3cncc3C(=O)NCc3cccc(Cl)c3Cl)cc2)cc1. The summed E-state index contributed by atoms with van der Waals surface area (Å²) in [7, 11) is 0. The van der Waals surface area contributed by atoms with Crippen LogP contribution in [0.25, 0.3) is 16.8 Å². The first-order valence-electron chi connectivity index (χ1n) is 11.0. The van der Waals surface area contributed by atoms with Gasteiger partial charge >= 0.3 is 0 Å². The molecule has 33 heavy (non-hydrogen) atoms. The van der Waals surface area contributed by atoms with Gasteiger partial charge in [-0.2, -0.15) is 0 Å². The zero-order chi connectivity index (χ0) is 23.2. The maximum atomic E-state index is 12.8.